The van der Waals surface area contributed by atoms with Gasteiger partial charge in [-0.05, 0) is 36.4 Å². The van der Waals surface area contributed by atoms with Crippen molar-refractivity contribution >= 4 is 15.9 Å². The monoisotopic (exact) mass is 402 g/mol. The van der Waals surface area contributed by atoms with Crippen LogP contribution in [-0.4, -0.2) is 57.4 Å². The minimum Gasteiger partial charge on any atom is -0.366 e. The summed E-state index contributed by atoms with van der Waals surface area (Å²) in [5, 5.41) is 0. The molecule has 150 valence electrons. The van der Waals surface area contributed by atoms with E-state index in [2.05, 4.69) is 21.6 Å². The van der Waals surface area contributed by atoms with Gasteiger partial charge in [0, 0.05) is 44.8 Å². The fraction of sp³-hybridized carbons (Fsp3) is 0.350. The number of rotatable bonds is 7. The zero-order chi connectivity index (χ0) is 20.1. The zero-order valence-electron chi connectivity index (χ0n) is 16.0. The number of primary amides is 1. The van der Waals surface area contributed by atoms with Crippen LogP contribution in [0, 0.1) is 0 Å². The number of hydrogen-bond acceptors (Lipinski definition) is 5. The van der Waals surface area contributed by atoms with Crippen molar-refractivity contribution in [2.24, 2.45) is 5.73 Å². The molecule has 3 rings (SSSR count). The molecule has 8 heteroatoms. The van der Waals surface area contributed by atoms with Crippen LogP contribution in [0.1, 0.15) is 21.5 Å². The highest BCUT2D eigenvalue weighted by atomic mass is 32.2. The minimum absolute atomic E-state index is 0.0236. The molecule has 2 aromatic carbocycles. The summed E-state index contributed by atoms with van der Waals surface area (Å²) in [6, 6.07) is 13.7. The van der Waals surface area contributed by atoms with Gasteiger partial charge < -0.3 is 10.6 Å². The summed E-state index contributed by atoms with van der Waals surface area (Å²) in [5.74, 6) is -0.659. The lowest BCUT2D eigenvalue weighted by Gasteiger charge is -2.32. The maximum Gasteiger partial charge on any atom is 0.248 e. The van der Waals surface area contributed by atoms with Crippen LogP contribution in [0.4, 0.5) is 0 Å². The van der Waals surface area contributed by atoms with Crippen molar-refractivity contribution < 1.29 is 13.2 Å². The highest BCUT2D eigenvalue weighted by molar-refractivity contribution is 7.89. The predicted octanol–water partition coefficient (Wildman–Crippen LogP) is 1.01. The van der Waals surface area contributed by atoms with Gasteiger partial charge in [0.15, 0.2) is 0 Å². The minimum atomic E-state index is -3.72. The summed E-state index contributed by atoms with van der Waals surface area (Å²) < 4.78 is 27.5. The van der Waals surface area contributed by atoms with E-state index in [4.69, 9.17) is 5.73 Å². The van der Waals surface area contributed by atoms with E-state index in [0.29, 0.717) is 0 Å². The van der Waals surface area contributed by atoms with Gasteiger partial charge in [-0.3, -0.25) is 9.69 Å². The van der Waals surface area contributed by atoms with Crippen molar-refractivity contribution in [1.29, 1.82) is 0 Å². The van der Waals surface area contributed by atoms with Crippen molar-refractivity contribution in [3.8, 4) is 0 Å². The highest BCUT2D eigenvalue weighted by Gasteiger charge is 2.16. The number of likely N-dealkylation sites (N-methyl/N-ethyl adjacent to an activating group) is 1. The number of sulfonamides is 1. The van der Waals surface area contributed by atoms with Crippen molar-refractivity contribution in [2.75, 3.05) is 33.2 Å². The smallest absolute Gasteiger partial charge is 0.248 e. The first kappa shape index (κ1) is 20.5. The van der Waals surface area contributed by atoms with Crippen LogP contribution in [0.3, 0.4) is 0 Å². The summed E-state index contributed by atoms with van der Waals surface area (Å²) in [5.41, 5.74) is 7.47. The van der Waals surface area contributed by atoms with E-state index < -0.39 is 15.9 Å². The van der Waals surface area contributed by atoms with E-state index in [0.717, 1.165) is 38.3 Å². The van der Waals surface area contributed by atoms with Gasteiger partial charge in [0.2, 0.25) is 15.9 Å². The van der Waals surface area contributed by atoms with Crippen molar-refractivity contribution in [3.05, 3.63) is 65.2 Å². The Bertz CT molecular complexity index is 921. The van der Waals surface area contributed by atoms with Gasteiger partial charge in [0.05, 0.1) is 4.90 Å². The van der Waals surface area contributed by atoms with E-state index in [9.17, 15) is 13.2 Å². The Morgan fingerprint density at radius 2 is 1.68 bits per heavy atom. The Kier molecular flexibility index (Phi) is 6.46. The number of nitrogens with one attached hydrogen (secondary N) is 1. The lowest BCUT2D eigenvalue weighted by Crippen LogP contribution is -2.43. The summed E-state index contributed by atoms with van der Waals surface area (Å²) in [4.78, 5) is 16.0. The van der Waals surface area contributed by atoms with Crippen molar-refractivity contribution in [1.82, 2.24) is 14.5 Å². The van der Waals surface area contributed by atoms with Gasteiger partial charge in [-0.2, -0.15) is 0 Å². The third kappa shape index (κ3) is 5.39. The molecule has 0 unspecified atom stereocenters. The molecule has 1 aliphatic rings. The number of amides is 1. The molecule has 3 N–H and O–H groups in total. The molecule has 0 aromatic heterocycles. The van der Waals surface area contributed by atoms with E-state index in [1.54, 1.807) is 0 Å². The first-order valence-electron chi connectivity index (χ1n) is 9.22. The Labute approximate surface area is 166 Å². The van der Waals surface area contributed by atoms with Gasteiger partial charge in [0.1, 0.15) is 0 Å². The second kappa shape index (κ2) is 8.83. The number of benzene rings is 2. The van der Waals surface area contributed by atoms with Gasteiger partial charge in [-0.15, -0.1) is 0 Å². The third-order valence-electron chi connectivity index (χ3n) is 4.92. The molecular formula is C20H26N4O3S. The average molecular weight is 403 g/mol. The lowest BCUT2D eigenvalue weighted by molar-refractivity contribution is 0.1000. The normalized spacial score (nSPS) is 16.2. The van der Waals surface area contributed by atoms with E-state index in [1.807, 2.05) is 24.3 Å². The molecule has 0 saturated carbocycles. The van der Waals surface area contributed by atoms with Crippen LogP contribution >= 0.6 is 0 Å². The Morgan fingerprint density at radius 1 is 1.04 bits per heavy atom. The van der Waals surface area contributed by atoms with Gasteiger partial charge in [-0.25, -0.2) is 13.1 Å². The van der Waals surface area contributed by atoms with E-state index in [1.165, 1.54) is 29.8 Å². The third-order valence-corrected chi connectivity index (χ3v) is 6.32. The van der Waals surface area contributed by atoms with E-state index in [-0.39, 0.29) is 17.0 Å². The number of hydrogen-bond donors (Lipinski definition) is 2. The molecule has 1 heterocycles. The van der Waals surface area contributed by atoms with Crippen LogP contribution < -0.4 is 10.5 Å². The Hall–Kier alpha value is -2.26. The summed E-state index contributed by atoms with van der Waals surface area (Å²) in [7, 11) is -1.59. The molecule has 0 spiro atoms. The molecule has 0 aliphatic carbocycles. The molecule has 2 aromatic rings. The fourth-order valence-corrected chi connectivity index (χ4v) is 4.17. The SMILES string of the molecule is CN1CCN(Cc2ccc(CNS(=O)(=O)c3cccc(C(N)=O)c3)cc2)CC1. The Morgan fingerprint density at radius 3 is 2.32 bits per heavy atom. The van der Waals surface area contributed by atoms with Crippen molar-refractivity contribution in [2.45, 2.75) is 18.0 Å². The molecule has 1 aliphatic heterocycles. The maximum atomic E-state index is 12.5. The molecule has 28 heavy (non-hydrogen) atoms. The van der Waals surface area contributed by atoms with Crippen LogP contribution in [-0.2, 0) is 23.1 Å². The molecular weight excluding hydrogens is 376 g/mol. The van der Waals surface area contributed by atoms with Crippen LogP contribution in [0.2, 0.25) is 0 Å². The summed E-state index contributed by atoms with van der Waals surface area (Å²) in [6.07, 6.45) is 0. The summed E-state index contributed by atoms with van der Waals surface area (Å²) >= 11 is 0. The number of nitrogens with two attached hydrogens (primary N) is 1. The molecule has 1 saturated heterocycles. The zero-order valence-corrected chi connectivity index (χ0v) is 16.8. The number of piperazine rings is 1. The summed E-state index contributed by atoms with van der Waals surface area (Å²) in [6.45, 7) is 5.36. The number of carbonyl (C=O) groups excluding carboxylic acids is 1. The predicted molar refractivity (Wildman–Crippen MR) is 108 cm³/mol. The molecule has 1 fully saturated rings. The second-order valence-electron chi connectivity index (χ2n) is 7.11. The standard InChI is InChI=1S/C20H26N4O3S/c1-23-9-11-24(12-10-23)15-17-7-5-16(6-8-17)14-22-28(26,27)19-4-2-3-18(13-19)20(21)25/h2-8,13,22H,9-12,14-15H2,1H3,(H2,21,25). The molecule has 0 atom stereocenters. The molecule has 7 nitrogen and oxygen atoms in total. The number of carbonyl (C=O) groups is 1. The average Bonchev–Trinajstić information content (AvgIpc) is 2.69. The molecule has 0 bridgehead atoms. The fourth-order valence-electron chi connectivity index (χ4n) is 3.10. The molecule has 0 radical (unpaired) electrons. The first-order chi connectivity index (χ1) is 13.3. The van der Waals surface area contributed by atoms with Crippen LogP contribution in [0.5, 0.6) is 0 Å². The number of nitrogens with zero attached hydrogens (tertiary/aromatic N) is 2. The van der Waals surface area contributed by atoms with Crippen LogP contribution in [0.15, 0.2) is 53.4 Å². The van der Waals surface area contributed by atoms with Gasteiger partial charge >= 0.3 is 0 Å². The highest BCUT2D eigenvalue weighted by Crippen LogP contribution is 2.13. The van der Waals surface area contributed by atoms with Gasteiger partial charge in [0.25, 0.3) is 0 Å². The van der Waals surface area contributed by atoms with E-state index >= 15 is 0 Å². The van der Waals surface area contributed by atoms with Gasteiger partial charge in [-0.1, -0.05) is 30.3 Å². The maximum absolute atomic E-state index is 12.5. The van der Waals surface area contributed by atoms with Crippen molar-refractivity contribution in [3.63, 3.8) is 0 Å². The Balaban J connectivity index is 1.58. The first-order valence-corrected chi connectivity index (χ1v) is 10.7. The lowest BCUT2D eigenvalue weighted by atomic mass is 10.1. The quantitative estimate of drug-likeness (QED) is 0.721. The second-order valence-corrected chi connectivity index (χ2v) is 8.88. The largest absolute Gasteiger partial charge is 0.366 e. The van der Waals surface area contributed by atoms with Crippen LogP contribution in [0.25, 0.3) is 0 Å². The topological polar surface area (TPSA) is 95.7 Å². The molecule has 1 amide bonds.